The van der Waals surface area contributed by atoms with E-state index in [2.05, 4.69) is 26.1 Å². The summed E-state index contributed by atoms with van der Waals surface area (Å²) >= 11 is 3.11. The standard InChI is InChI=1S/C18H22BNO3.C7H4BrN3O2/c1-17(2)18(3,4)23-19(22-17)15-10-11-16(21)20(13-15)12-14-8-6-5-7-9-14;8-5-2-6-4(3-9-10-6)1-7(5)11(12)13/h5-11,13H,12H2,1-4H3;1-3H,(H,9,10). The molecule has 3 heterocycles. The zero-order valence-corrected chi connectivity index (χ0v) is 22.0. The van der Waals surface area contributed by atoms with Crippen molar-refractivity contribution in [1.82, 2.24) is 14.8 Å². The number of rotatable bonds is 4. The molecular weight excluding hydrogens is 527 g/mol. The molecule has 0 atom stereocenters. The predicted molar refractivity (Wildman–Crippen MR) is 142 cm³/mol. The molecule has 9 nitrogen and oxygen atoms in total. The van der Waals surface area contributed by atoms with Crippen LogP contribution in [-0.4, -0.2) is 38.0 Å². The number of nitrogens with zero attached hydrogens (tertiary/aromatic N) is 3. The minimum absolute atomic E-state index is 0.0332. The highest BCUT2D eigenvalue weighted by molar-refractivity contribution is 9.10. The third-order valence-corrected chi connectivity index (χ3v) is 7.07. The van der Waals surface area contributed by atoms with Crippen LogP contribution in [0.15, 0.2) is 76.3 Å². The Kier molecular flexibility index (Phi) is 7.17. The Morgan fingerprint density at radius 2 is 1.75 bits per heavy atom. The van der Waals surface area contributed by atoms with Crippen molar-refractivity contribution in [2.24, 2.45) is 0 Å². The van der Waals surface area contributed by atoms with Gasteiger partial charge in [0.1, 0.15) is 0 Å². The fourth-order valence-corrected chi connectivity index (χ4v) is 4.15. The average Bonchev–Trinajstić information content (AvgIpc) is 3.35. The van der Waals surface area contributed by atoms with E-state index in [1.807, 2.05) is 64.2 Å². The van der Waals surface area contributed by atoms with Gasteiger partial charge in [-0.1, -0.05) is 36.4 Å². The smallest absolute Gasteiger partial charge is 0.399 e. The van der Waals surface area contributed by atoms with E-state index in [1.54, 1.807) is 29.0 Å². The molecule has 0 saturated carbocycles. The van der Waals surface area contributed by atoms with Crippen molar-refractivity contribution in [3.63, 3.8) is 0 Å². The molecule has 0 unspecified atom stereocenters. The molecule has 1 N–H and O–H groups in total. The number of benzene rings is 2. The van der Waals surface area contributed by atoms with Crippen molar-refractivity contribution in [2.75, 3.05) is 0 Å². The SMILES string of the molecule is CC1(C)OB(c2ccc(=O)n(Cc3ccccc3)c2)OC1(C)C.O=[N+]([O-])c1cc2cn[nH]c2cc1Br. The lowest BCUT2D eigenvalue weighted by molar-refractivity contribution is -0.385. The van der Waals surface area contributed by atoms with Crippen LogP contribution in [0.4, 0.5) is 5.69 Å². The van der Waals surface area contributed by atoms with E-state index >= 15 is 0 Å². The number of hydrogen-bond acceptors (Lipinski definition) is 6. The topological polar surface area (TPSA) is 112 Å². The van der Waals surface area contributed by atoms with Crippen LogP contribution in [-0.2, 0) is 15.9 Å². The molecule has 36 heavy (non-hydrogen) atoms. The Morgan fingerprint density at radius 1 is 1.08 bits per heavy atom. The van der Waals surface area contributed by atoms with Gasteiger partial charge in [-0.15, -0.1) is 0 Å². The van der Waals surface area contributed by atoms with E-state index in [0.29, 0.717) is 11.0 Å². The van der Waals surface area contributed by atoms with Crippen LogP contribution >= 0.6 is 15.9 Å². The maximum Gasteiger partial charge on any atom is 0.496 e. The largest absolute Gasteiger partial charge is 0.496 e. The van der Waals surface area contributed by atoms with Crippen LogP contribution in [0, 0.1) is 10.1 Å². The maximum atomic E-state index is 12.1. The van der Waals surface area contributed by atoms with Crippen molar-refractivity contribution >= 4 is 45.1 Å². The van der Waals surface area contributed by atoms with Crippen molar-refractivity contribution in [3.05, 3.63) is 97.5 Å². The van der Waals surface area contributed by atoms with Crippen LogP contribution in [0.1, 0.15) is 33.3 Å². The van der Waals surface area contributed by atoms with Crippen LogP contribution in [0.5, 0.6) is 0 Å². The summed E-state index contributed by atoms with van der Waals surface area (Å²) in [5.41, 5.74) is 1.95. The van der Waals surface area contributed by atoms with Gasteiger partial charge < -0.3 is 13.9 Å². The van der Waals surface area contributed by atoms with Crippen molar-refractivity contribution in [1.29, 1.82) is 0 Å². The molecule has 4 aromatic rings. The summed E-state index contributed by atoms with van der Waals surface area (Å²) in [5, 5.41) is 17.8. The number of halogens is 1. The number of aromatic nitrogens is 3. The molecule has 5 rings (SSSR count). The number of aromatic amines is 1. The molecule has 0 radical (unpaired) electrons. The lowest BCUT2D eigenvalue weighted by atomic mass is 9.80. The number of H-pyrrole nitrogens is 1. The van der Waals surface area contributed by atoms with E-state index < -0.39 is 23.2 Å². The molecule has 0 spiro atoms. The molecule has 11 heteroatoms. The molecular formula is C25H26BBrN4O5. The second kappa shape index (κ2) is 10.0. The second-order valence-corrected chi connectivity index (χ2v) is 10.4. The average molecular weight is 553 g/mol. The van der Waals surface area contributed by atoms with Gasteiger partial charge >= 0.3 is 7.12 Å². The first-order valence-electron chi connectivity index (χ1n) is 11.3. The van der Waals surface area contributed by atoms with Gasteiger partial charge in [-0.3, -0.25) is 20.0 Å². The zero-order valence-electron chi connectivity index (χ0n) is 20.4. The number of nitro benzene ring substituents is 1. The number of nitro groups is 1. The number of pyridine rings is 1. The Morgan fingerprint density at radius 3 is 2.39 bits per heavy atom. The van der Waals surface area contributed by atoms with Crippen LogP contribution in [0.2, 0.25) is 0 Å². The first-order valence-corrected chi connectivity index (χ1v) is 12.1. The molecule has 1 saturated heterocycles. The van der Waals surface area contributed by atoms with Gasteiger partial charge in [0.25, 0.3) is 11.2 Å². The normalized spacial score (nSPS) is 16.0. The fourth-order valence-electron chi connectivity index (χ4n) is 3.66. The van der Waals surface area contributed by atoms with Gasteiger partial charge in [0.15, 0.2) is 0 Å². The predicted octanol–water partition coefficient (Wildman–Crippen LogP) is 4.43. The quantitative estimate of drug-likeness (QED) is 0.228. The zero-order chi connectivity index (χ0) is 26.1. The molecule has 2 aromatic heterocycles. The Balaban J connectivity index is 0.000000197. The van der Waals surface area contributed by atoms with Gasteiger partial charge in [0.05, 0.1) is 38.9 Å². The fraction of sp³-hybridized carbons (Fsp3) is 0.280. The van der Waals surface area contributed by atoms with Crippen LogP contribution in [0.25, 0.3) is 10.9 Å². The van der Waals surface area contributed by atoms with Crippen molar-refractivity contribution in [2.45, 2.75) is 45.4 Å². The molecule has 0 bridgehead atoms. The van der Waals surface area contributed by atoms with Gasteiger partial charge in [0, 0.05) is 23.7 Å². The number of fused-ring (bicyclic) bond motifs is 1. The minimum Gasteiger partial charge on any atom is -0.399 e. The Labute approximate surface area is 216 Å². The minimum atomic E-state index is -0.456. The summed E-state index contributed by atoms with van der Waals surface area (Å²) in [7, 11) is -0.456. The molecule has 1 aliphatic heterocycles. The van der Waals surface area contributed by atoms with E-state index in [4.69, 9.17) is 9.31 Å². The molecule has 1 aliphatic rings. The second-order valence-electron chi connectivity index (χ2n) is 9.52. The summed E-state index contributed by atoms with van der Waals surface area (Å²) in [5.74, 6) is 0. The van der Waals surface area contributed by atoms with Gasteiger partial charge in [0.2, 0.25) is 0 Å². The van der Waals surface area contributed by atoms with Crippen molar-refractivity contribution in [3.8, 4) is 0 Å². The highest BCUT2D eigenvalue weighted by atomic mass is 79.9. The third kappa shape index (κ3) is 5.43. The summed E-state index contributed by atoms with van der Waals surface area (Å²) in [6.07, 6.45) is 3.38. The molecule has 1 fully saturated rings. The van der Waals surface area contributed by atoms with Gasteiger partial charge in [-0.05, 0) is 60.7 Å². The van der Waals surface area contributed by atoms with Crippen LogP contribution in [0.3, 0.4) is 0 Å². The summed E-state index contributed by atoms with van der Waals surface area (Å²) < 4.78 is 14.3. The van der Waals surface area contributed by atoms with Gasteiger partial charge in [-0.25, -0.2) is 0 Å². The molecule has 0 aliphatic carbocycles. The summed E-state index contributed by atoms with van der Waals surface area (Å²) in [6, 6.07) is 16.4. The Bertz CT molecular complexity index is 1440. The van der Waals surface area contributed by atoms with E-state index in [9.17, 15) is 14.9 Å². The molecule has 0 amide bonds. The van der Waals surface area contributed by atoms with Gasteiger partial charge in [-0.2, -0.15) is 5.10 Å². The maximum absolute atomic E-state index is 12.1. The van der Waals surface area contributed by atoms with E-state index in [1.165, 1.54) is 6.07 Å². The highest BCUT2D eigenvalue weighted by Gasteiger charge is 2.51. The molecule has 2 aromatic carbocycles. The lowest BCUT2D eigenvalue weighted by Crippen LogP contribution is -2.41. The number of hydrogen-bond donors (Lipinski definition) is 1. The third-order valence-electron chi connectivity index (χ3n) is 6.43. The molecule has 186 valence electrons. The lowest BCUT2D eigenvalue weighted by Gasteiger charge is -2.32. The van der Waals surface area contributed by atoms with Crippen LogP contribution < -0.4 is 11.0 Å². The first kappa shape index (κ1) is 25.8. The first-order chi connectivity index (χ1) is 17.0. The summed E-state index contributed by atoms with van der Waals surface area (Å²) in [4.78, 5) is 22.2. The summed E-state index contributed by atoms with van der Waals surface area (Å²) in [6.45, 7) is 8.62. The van der Waals surface area contributed by atoms with E-state index in [0.717, 1.165) is 21.9 Å². The number of nitrogens with one attached hydrogen (secondary N) is 1. The Hall–Kier alpha value is -3.28. The highest BCUT2D eigenvalue weighted by Crippen LogP contribution is 2.36. The monoisotopic (exact) mass is 552 g/mol. The van der Waals surface area contributed by atoms with Crippen molar-refractivity contribution < 1.29 is 14.2 Å². The van der Waals surface area contributed by atoms with E-state index in [-0.39, 0.29) is 11.2 Å².